The second-order valence-electron chi connectivity index (χ2n) is 6.56. The number of rotatable bonds is 5. The van der Waals surface area contributed by atoms with Crippen molar-refractivity contribution in [2.24, 2.45) is 11.7 Å². The third-order valence-electron chi connectivity index (χ3n) is 4.50. The van der Waals surface area contributed by atoms with Crippen LogP contribution in [-0.2, 0) is 4.79 Å². The quantitative estimate of drug-likeness (QED) is 0.656. The van der Waals surface area contributed by atoms with Gasteiger partial charge in [0.05, 0.1) is 0 Å². The SMILES string of the molecule is Cl.N[C@@H]1CCC[C@H]1CC(=O)Nc1ccc(NC(=O)NC2CC2)cc1. The van der Waals surface area contributed by atoms with Crippen LogP contribution in [0.5, 0.6) is 0 Å². The fourth-order valence-corrected chi connectivity index (χ4v) is 2.99. The second kappa shape index (κ2) is 8.35. The van der Waals surface area contributed by atoms with Gasteiger partial charge in [-0.2, -0.15) is 0 Å². The molecule has 0 unspecified atom stereocenters. The topological polar surface area (TPSA) is 96.2 Å². The highest BCUT2D eigenvalue weighted by Crippen LogP contribution is 2.27. The van der Waals surface area contributed by atoms with E-state index in [2.05, 4.69) is 16.0 Å². The van der Waals surface area contributed by atoms with Crippen LogP contribution in [0.2, 0.25) is 0 Å². The number of nitrogens with one attached hydrogen (secondary N) is 3. The fourth-order valence-electron chi connectivity index (χ4n) is 2.99. The van der Waals surface area contributed by atoms with Crippen LogP contribution in [0.3, 0.4) is 0 Å². The standard InChI is InChI=1S/C17H24N4O2.ClH/c18-15-3-1-2-11(15)10-16(22)19-12-4-6-13(7-5-12)20-17(23)21-14-8-9-14;/h4-7,11,14-15H,1-3,8-10,18H2,(H,19,22)(H2,20,21,23);1H/t11-,15+;/m0./s1. The van der Waals surface area contributed by atoms with Crippen LogP contribution in [0.25, 0.3) is 0 Å². The van der Waals surface area contributed by atoms with E-state index in [1.807, 2.05) is 0 Å². The summed E-state index contributed by atoms with van der Waals surface area (Å²) in [6.45, 7) is 0. The molecule has 2 atom stereocenters. The highest BCUT2D eigenvalue weighted by atomic mass is 35.5. The number of hydrogen-bond acceptors (Lipinski definition) is 3. The molecule has 0 spiro atoms. The van der Waals surface area contributed by atoms with Crippen molar-refractivity contribution >= 4 is 35.7 Å². The van der Waals surface area contributed by atoms with Gasteiger partial charge in [-0.1, -0.05) is 6.42 Å². The number of urea groups is 1. The molecule has 1 aromatic rings. The zero-order chi connectivity index (χ0) is 16.2. The first-order valence-corrected chi connectivity index (χ1v) is 8.33. The molecule has 132 valence electrons. The van der Waals surface area contributed by atoms with Crippen molar-refractivity contribution in [1.29, 1.82) is 0 Å². The Morgan fingerprint density at radius 2 is 1.62 bits per heavy atom. The summed E-state index contributed by atoms with van der Waals surface area (Å²) in [6, 6.07) is 7.44. The highest BCUT2D eigenvalue weighted by molar-refractivity contribution is 5.92. The van der Waals surface area contributed by atoms with E-state index >= 15 is 0 Å². The Bertz CT molecular complexity index is 574. The van der Waals surface area contributed by atoms with E-state index in [4.69, 9.17) is 5.73 Å². The Hall–Kier alpha value is -1.79. The van der Waals surface area contributed by atoms with Crippen LogP contribution in [0.4, 0.5) is 16.2 Å². The number of carbonyl (C=O) groups is 2. The van der Waals surface area contributed by atoms with Crippen molar-refractivity contribution in [2.45, 2.75) is 50.6 Å². The lowest BCUT2D eigenvalue weighted by atomic mass is 10.00. The Morgan fingerprint density at radius 3 is 2.17 bits per heavy atom. The van der Waals surface area contributed by atoms with Gasteiger partial charge in [0, 0.05) is 29.9 Å². The summed E-state index contributed by atoms with van der Waals surface area (Å²) in [7, 11) is 0. The minimum atomic E-state index is -0.181. The van der Waals surface area contributed by atoms with Gasteiger partial charge in [0.25, 0.3) is 0 Å². The van der Waals surface area contributed by atoms with Crippen LogP contribution in [-0.4, -0.2) is 24.0 Å². The Balaban J connectivity index is 0.00000208. The monoisotopic (exact) mass is 352 g/mol. The van der Waals surface area contributed by atoms with Gasteiger partial charge in [-0.15, -0.1) is 12.4 Å². The fraction of sp³-hybridized carbons (Fsp3) is 0.529. The van der Waals surface area contributed by atoms with E-state index in [0.717, 1.165) is 37.8 Å². The molecule has 0 aromatic heterocycles. The first-order chi connectivity index (χ1) is 11.1. The lowest BCUT2D eigenvalue weighted by molar-refractivity contribution is -0.117. The van der Waals surface area contributed by atoms with Gasteiger partial charge in [-0.25, -0.2) is 4.79 Å². The van der Waals surface area contributed by atoms with Crippen LogP contribution in [0.15, 0.2) is 24.3 Å². The van der Waals surface area contributed by atoms with Crippen molar-refractivity contribution in [3.8, 4) is 0 Å². The van der Waals surface area contributed by atoms with Gasteiger partial charge >= 0.3 is 6.03 Å². The van der Waals surface area contributed by atoms with Crippen LogP contribution in [0, 0.1) is 5.92 Å². The third kappa shape index (κ3) is 5.39. The van der Waals surface area contributed by atoms with Crippen molar-refractivity contribution in [3.05, 3.63) is 24.3 Å². The Morgan fingerprint density at radius 1 is 1.00 bits per heavy atom. The molecule has 0 radical (unpaired) electrons. The molecule has 1 aromatic carbocycles. The van der Waals surface area contributed by atoms with Crippen molar-refractivity contribution in [2.75, 3.05) is 10.6 Å². The van der Waals surface area contributed by atoms with E-state index in [0.29, 0.717) is 24.1 Å². The minimum absolute atomic E-state index is 0. The van der Waals surface area contributed by atoms with Gasteiger partial charge in [-0.05, 0) is 55.9 Å². The molecule has 0 aliphatic heterocycles. The van der Waals surface area contributed by atoms with E-state index in [1.165, 1.54) is 0 Å². The average Bonchev–Trinajstić information content (AvgIpc) is 3.23. The maximum Gasteiger partial charge on any atom is 0.319 e. The summed E-state index contributed by atoms with van der Waals surface area (Å²) in [5.41, 5.74) is 7.44. The zero-order valence-corrected chi connectivity index (χ0v) is 14.4. The molecule has 0 bridgehead atoms. The maximum absolute atomic E-state index is 12.1. The molecule has 0 saturated heterocycles. The zero-order valence-electron chi connectivity index (χ0n) is 13.6. The summed E-state index contributed by atoms with van der Waals surface area (Å²) in [5, 5.41) is 8.53. The number of hydrogen-bond donors (Lipinski definition) is 4. The minimum Gasteiger partial charge on any atom is -0.335 e. The predicted octanol–water partition coefficient (Wildman–Crippen LogP) is 2.85. The predicted molar refractivity (Wildman–Crippen MR) is 97.4 cm³/mol. The van der Waals surface area contributed by atoms with Crippen molar-refractivity contribution < 1.29 is 9.59 Å². The van der Waals surface area contributed by atoms with E-state index in [1.54, 1.807) is 24.3 Å². The van der Waals surface area contributed by atoms with Crippen LogP contribution in [0.1, 0.15) is 38.5 Å². The lowest BCUT2D eigenvalue weighted by Crippen LogP contribution is -2.30. The largest absolute Gasteiger partial charge is 0.335 e. The van der Waals surface area contributed by atoms with E-state index in [-0.39, 0.29) is 30.4 Å². The van der Waals surface area contributed by atoms with E-state index < -0.39 is 0 Å². The normalized spacial score (nSPS) is 22.4. The summed E-state index contributed by atoms with van der Waals surface area (Å²) >= 11 is 0. The van der Waals surface area contributed by atoms with Crippen LogP contribution < -0.4 is 21.7 Å². The van der Waals surface area contributed by atoms with Crippen LogP contribution >= 0.6 is 12.4 Å². The second-order valence-corrected chi connectivity index (χ2v) is 6.56. The molecule has 0 heterocycles. The molecule has 24 heavy (non-hydrogen) atoms. The molecule has 2 aliphatic carbocycles. The van der Waals surface area contributed by atoms with Gasteiger partial charge in [-0.3, -0.25) is 4.79 Å². The third-order valence-corrected chi connectivity index (χ3v) is 4.50. The van der Waals surface area contributed by atoms with Crippen molar-refractivity contribution in [1.82, 2.24) is 5.32 Å². The number of amides is 3. The lowest BCUT2D eigenvalue weighted by Gasteiger charge is -2.15. The number of anilines is 2. The number of halogens is 1. The van der Waals surface area contributed by atoms with Gasteiger partial charge in [0.15, 0.2) is 0 Å². The molecule has 7 heteroatoms. The molecular weight excluding hydrogens is 328 g/mol. The number of benzene rings is 1. The van der Waals surface area contributed by atoms with Crippen molar-refractivity contribution in [3.63, 3.8) is 0 Å². The molecule has 6 nitrogen and oxygen atoms in total. The number of carbonyl (C=O) groups excluding carboxylic acids is 2. The number of nitrogens with two attached hydrogens (primary N) is 1. The molecular formula is C17H25ClN4O2. The molecule has 2 fully saturated rings. The Labute approximate surface area is 148 Å². The summed E-state index contributed by atoms with van der Waals surface area (Å²) in [5.74, 6) is 0.293. The maximum atomic E-state index is 12.1. The molecule has 3 amide bonds. The first-order valence-electron chi connectivity index (χ1n) is 8.33. The molecule has 5 N–H and O–H groups in total. The smallest absolute Gasteiger partial charge is 0.319 e. The van der Waals surface area contributed by atoms with Gasteiger partial charge < -0.3 is 21.7 Å². The first kappa shape index (κ1) is 18.5. The summed E-state index contributed by atoms with van der Waals surface area (Å²) in [6.07, 6.45) is 5.76. The highest BCUT2D eigenvalue weighted by Gasteiger charge is 2.26. The van der Waals surface area contributed by atoms with Gasteiger partial charge in [0.2, 0.25) is 5.91 Å². The summed E-state index contributed by atoms with van der Waals surface area (Å²) < 4.78 is 0. The van der Waals surface area contributed by atoms with E-state index in [9.17, 15) is 9.59 Å². The summed E-state index contributed by atoms with van der Waals surface area (Å²) in [4.78, 5) is 23.7. The Kier molecular flexibility index (Phi) is 6.45. The molecule has 3 rings (SSSR count). The van der Waals surface area contributed by atoms with Gasteiger partial charge in [0.1, 0.15) is 0 Å². The molecule has 2 saturated carbocycles. The average molecular weight is 353 g/mol. The molecule has 2 aliphatic rings.